The molecular weight excluding hydrogens is 271 g/mol. The maximum atomic E-state index is 12.1. The normalized spacial score (nSPS) is 11.5. The Hall–Kier alpha value is -2.01. The number of nitrogens with zero attached hydrogens (tertiary/aromatic N) is 4. The van der Waals surface area contributed by atoms with Gasteiger partial charge in [-0.05, 0) is 0 Å². The molecule has 0 aliphatic carbocycles. The lowest BCUT2D eigenvalue weighted by Crippen LogP contribution is -2.21. The van der Waals surface area contributed by atoms with Gasteiger partial charge in [-0.25, -0.2) is 4.98 Å². The molecule has 0 unspecified atom stereocenters. The van der Waals surface area contributed by atoms with Crippen molar-refractivity contribution in [3.05, 3.63) is 28.8 Å². The number of aromatic nitrogens is 3. The van der Waals surface area contributed by atoms with Crippen molar-refractivity contribution in [2.75, 3.05) is 11.9 Å². The van der Waals surface area contributed by atoms with Crippen LogP contribution >= 0.6 is 11.6 Å². The summed E-state index contributed by atoms with van der Waals surface area (Å²) in [7, 11) is 0. The molecule has 0 saturated heterocycles. The van der Waals surface area contributed by atoms with Crippen molar-refractivity contribution in [2.24, 2.45) is 0 Å². The van der Waals surface area contributed by atoms with E-state index in [1.807, 2.05) is 0 Å². The first-order valence-corrected chi connectivity index (χ1v) is 5.01. The Morgan fingerprint density at radius 3 is 2.83 bits per heavy atom. The summed E-state index contributed by atoms with van der Waals surface area (Å²) in [5.74, 6) is 0.0718. The predicted molar refractivity (Wildman–Crippen MR) is 58.8 cm³/mol. The molecule has 0 fully saturated rings. The summed E-state index contributed by atoms with van der Waals surface area (Å²) >= 11 is 5.68. The van der Waals surface area contributed by atoms with E-state index in [4.69, 9.17) is 18.2 Å². The smallest absolute Gasteiger partial charge is 0.372 e. The molecule has 0 bridgehead atoms. The fourth-order valence-electron chi connectivity index (χ4n) is 1.33. The Labute approximate surface area is 104 Å². The first-order chi connectivity index (χ1) is 8.40. The van der Waals surface area contributed by atoms with Crippen LogP contribution in [0.4, 0.5) is 24.7 Å². The van der Waals surface area contributed by atoms with Gasteiger partial charge in [0.2, 0.25) is 0 Å². The zero-order chi connectivity index (χ0) is 13.3. The fraction of sp³-hybridized carbons (Fsp3) is 0.222. The molecule has 1 N–H and O–H groups in total. The highest BCUT2D eigenvalue weighted by atomic mass is 35.5. The topological polar surface area (TPSA) is 46.6 Å². The van der Waals surface area contributed by atoms with Crippen LogP contribution < -0.4 is 5.32 Å². The van der Waals surface area contributed by atoms with Gasteiger partial charge in [0.15, 0.2) is 5.15 Å². The van der Waals surface area contributed by atoms with Crippen LogP contribution in [0.1, 0.15) is 0 Å². The van der Waals surface area contributed by atoms with E-state index >= 15 is 0 Å². The molecule has 5 nitrogen and oxygen atoms in total. The minimum Gasteiger partial charge on any atom is -0.372 e. The van der Waals surface area contributed by atoms with Gasteiger partial charge in [0.05, 0.1) is 6.20 Å². The summed E-state index contributed by atoms with van der Waals surface area (Å²) in [5.41, 5.74) is 0.192. The van der Waals surface area contributed by atoms with Gasteiger partial charge >= 0.3 is 6.18 Å². The highest BCUT2D eigenvalue weighted by molar-refractivity contribution is 6.29. The third-order valence-electron chi connectivity index (χ3n) is 2.01. The second-order valence-electron chi connectivity index (χ2n) is 3.31. The van der Waals surface area contributed by atoms with E-state index in [1.54, 1.807) is 0 Å². The summed E-state index contributed by atoms with van der Waals surface area (Å²) in [5, 5.41) is 5.93. The zero-order valence-electron chi connectivity index (χ0n) is 8.66. The summed E-state index contributed by atoms with van der Waals surface area (Å²) in [6.45, 7) is 5.65. The fourth-order valence-corrected chi connectivity index (χ4v) is 1.51. The second kappa shape index (κ2) is 4.34. The van der Waals surface area contributed by atoms with E-state index in [0.717, 1.165) is 4.52 Å². The van der Waals surface area contributed by atoms with Gasteiger partial charge < -0.3 is 10.2 Å². The number of imidazole rings is 1. The molecule has 2 heterocycles. The maximum Gasteiger partial charge on any atom is 0.405 e. The van der Waals surface area contributed by atoms with E-state index in [1.165, 1.54) is 12.3 Å². The number of alkyl halides is 3. The summed E-state index contributed by atoms with van der Waals surface area (Å²) in [6, 6.07) is 1.23. The molecule has 2 aromatic rings. The number of halogens is 4. The summed E-state index contributed by atoms with van der Waals surface area (Å²) in [6.07, 6.45) is -3.15. The Kier molecular flexibility index (Phi) is 3.00. The van der Waals surface area contributed by atoms with Crippen LogP contribution in [-0.4, -0.2) is 27.3 Å². The van der Waals surface area contributed by atoms with E-state index < -0.39 is 12.7 Å². The highest BCUT2D eigenvalue weighted by Crippen LogP contribution is 2.25. The van der Waals surface area contributed by atoms with Crippen LogP contribution in [0, 0.1) is 6.57 Å². The minimum atomic E-state index is -4.36. The quantitative estimate of drug-likeness (QED) is 0.857. The average Bonchev–Trinajstić information content (AvgIpc) is 2.67. The van der Waals surface area contributed by atoms with Crippen molar-refractivity contribution in [3.63, 3.8) is 0 Å². The SMILES string of the molecule is [C-]#[N+]c1cnc2c(NCC(F)(F)F)cc(Cl)nn12. The lowest BCUT2D eigenvalue weighted by molar-refractivity contribution is -0.115. The monoisotopic (exact) mass is 275 g/mol. The molecule has 18 heavy (non-hydrogen) atoms. The number of rotatable bonds is 2. The zero-order valence-corrected chi connectivity index (χ0v) is 9.42. The van der Waals surface area contributed by atoms with Crippen LogP contribution in [0.15, 0.2) is 12.3 Å². The van der Waals surface area contributed by atoms with E-state index in [-0.39, 0.29) is 22.3 Å². The molecule has 0 aromatic carbocycles. The molecule has 0 aliphatic rings. The van der Waals surface area contributed by atoms with Crippen LogP contribution in [-0.2, 0) is 0 Å². The van der Waals surface area contributed by atoms with Crippen molar-refractivity contribution in [3.8, 4) is 0 Å². The molecule has 94 valence electrons. The van der Waals surface area contributed by atoms with Crippen molar-refractivity contribution in [1.29, 1.82) is 0 Å². The highest BCUT2D eigenvalue weighted by Gasteiger charge is 2.27. The van der Waals surface area contributed by atoms with Gasteiger partial charge in [0.25, 0.3) is 11.5 Å². The Morgan fingerprint density at radius 2 is 2.22 bits per heavy atom. The Bertz CT molecular complexity index is 627. The molecule has 0 saturated carbocycles. The largest absolute Gasteiger partial charge is 0.405 e. The summed E-state index contributed by atoms with van der Waals surface area (Å²) < 4.78 is 37.5. The molecule has 0 radical (unpaired) electrons. The number of hydrogen-bond acceptors (Lipinski definition) is 3. The number of anilines is 1. The molecule has 2 rings (SSSR count). The third kappa shape index (κ3) is 2.46. The molecule has 0 atom stereocenters. The molecular formula is C9H5ClF3N5. The lowest BCUT2D eigenvalue weighted by atomic mass is 10.4. The van der Waals surface area contributed by atoms with Crippen molar-refractivity contribution >= 4 is 28.8 Å². The van der Waals surface area contributed by atoms with Crippen LogP contribution in [0.2, 0.25) is 5.15 Å². The van der Waals surface area contributed by atoms with Crippen LogP contribution in [0.25, 0.3) is 10.5 Å². The predicted octanol–water partition coefficient (Wildman–Crippen LogP) is 2.91. The van der Waals surface area contributed by atoms with E-state index in [2.05, 4.69) is 20.2 Å². The number of hydrogen-bond donors (Lipinski definition) is 1. The molecule has 9 heteroatoms. The van der Waals surface area contributed by atoms with E-state index in [0.29, 0.717) is 0 Å². The van der Waals surface area contributed by atoms with Crippen LogP contribution in [0.5, 0.6) is 0 Å². The van der Waals surface area contributed by atoms with Crippen molar-refractivity contribution in [2.45, 2.75) is 6.18 Å². The molecule has 0 amide bonds. The number of nitrogens with one attached hydrogen (secondary N) is 1. The Balaban J connectivity index is 2.45. The minimum absolute atomic E-state index is 0.0323. The molecule has 2 aromatic heterocycles. The first kappa shape index (κ1) is 12.4. The van der Waals surface area contributed by atoms with Gasteiger partial charge in [-0.2, -0.15) is 13.2 Å². The lowest BCUT2D eigenvalue weighted by Gasteiger charge is -2.09. The maximum absolute atomic E-state index is 12.1. The van der Waals surface area contributed by atoms with Gasteiger partial charge in [-0.1, -0.05) is 23.3 Å². The summed E-state index contributed by atoms with van der Waals surface area (Å²) in [4.78, 5) is 6.96. The molecule has 0 spiro atoms. The standard InChI is InChI=1S/C9H5ClF3N5/c1-14-7-3-15-8-5(16-4-9(11,12)13)2-6(10)17-18(7)8/h2-3,16H,4H2. The van der Waals surface area contributed by atoms with Crippen molar-refractivity contribution < 1.29 is 13.2 Å². The van der Waals surface area contributed by atoms with Gasteiger partial charge in [0, 0.05) is 6.07 Å². The van der Waals surface area contributed by atoms with Gasteiger partial charge in [-0.15, -0.1) is 4.52 Å². The average molecular weight is 276 g/mol. The second-order valence-corrected chi connectivity index (χ2v) is 3.70. The van der Waals surface area contributed by atoms with Crippen LogP contribution in [0.3, 0.4) is 0 Å². The van der Waals surface area contributed by atoms with Gasteiger partial charge in [0.1, 0.15) is 12.2 Å². The van der Waals surface area contributed by atoms with E-state index in [9.17, 15) is 13.2 Å². The van der Waals surface area contributed by atoms with Crippen molar-refractivity contribution in [1.82, 2.24) is 14.6 Å². The Morgan fingerprint density at radius 1 is 1.50 bits per heavy atom. The third-order valence-corrected chi connectivity index (χ3v) is 2.20. The first-order valence-electron chi connectivity index (χ1n) is 4.63. The number of fused-ring (bicyclic) bond motifs is 1. The molecule has 0 aliphatic heterocycles. The van der Waals surface area contributed by atoms with Gasteiger partial charge in [-0.3, -0.25) is 0 Å².